The summed E-state index contributed by atoms with van der Waals surface area (Å²) in [5.41, 5.74) is 4.41. The molecule has 0 fully saturated rings. The number of likely N-dealkylation sites (N-methyl/N-ethyl adjacent to an activating group) is 1. The maximum atomic E-state index is 13.0. The van der Waals surface area contributed by atoms with Gasteiger partial charge >= 0.3 is 0 Å². The van der Waals surface area contributed by atoms with Crippen molar-refractivity contribution in [3.63, 3.8) is 0 Å². The van der Waals surface area contributed by atoms with Crippen molar-refractivity contribution >= 4 is 39.1 Å². The predicted octanol–water partition coefficient (Wildman–Crippen LogP) is 4.81. The molecule has 2 rings (SSSR count). The average molecular weight is 457 g/mol. The van der Waals surface area contributed by atoms with E-state index in [-0.39, 0.29) is 34.1 Å². The number of carbonyl (C=O) groups is 1. The average Bonchev–Trinajstić information content (AvgIpc) is 2.64. The molecule has 0 aliphatic heterocycles. The minimum Gasteiger partial charge on any atom is -0.348 e. The third-order valence-electron chi connectivity index (χ3n) is 4.91. The molecule has 29 heavy (non-hydrogen) atoms. The van der Waals surface area contributed by atoms with Gasteiger partial charge in [0.05, 0.1) is 17.6 Å². The highest BCUT2D eigenvalue weighted by Crippen LogP contribution is 2.28. The van der Waals surface area contributed by atoms with Crippen molar-refractivity contribution in [1.82, 2.24) is 9.62 Å². The van der Waals surface area contributed by atoms with Crippen LogP contribution in [0.5, 0.6) is 0 Å². The molecule has 5 nitrogen and oxygen atoms in total. The molecule has 0 saturated carbocycles. The van der Waals surface area contributed by atoms with Gasteiger partial charge in [-0.05, 0) is 68.1 Å². The van der Waals surface area contributed by atoms with Crippen LogP contribution in [0.1, 0.15) is 42.1 Å². The SMILES string of the molecule is CCN(CC(=O)N[C@@H](C)c1cc(C)c(C)cc1C)S(=O)(=O)c1cc(Cl)ccc1Cl. The first kappa shape index (κ1) is 23.7. The summed E-state index contributed by atoms with van der Waals surface area (Å²) in [7, 11) is -3.96. The van der Waals surface area contributed by atoms with Crippen molar-refractivity contribution in [1.29, 1.82) is 0 Å². The van der Waals surface area contributed by atoms with E-state index >= 15 is 0 Å². The third-order valence-corrected chi connectivity index (χ3v) is 7.55. The summed E-state index contributed by atoms with van der Waals surface area (Å²) in [6.07, 6.45) is 0. The summed E-state index contributed by atoms with van der Waals surface area (Å²) in [4.78, 5) is 12.5. The normalized spacial score (nSPS) is 12.8. The minimum absolute atomic E-state index is 0.0624. The van der Waals surface area contributed by atoms with E-state index in [0.717, 1.165) is 21.0 Å². The lowest BCUT2D eigenvalue weighted by molar-refractivity contribution is -0.121. The number of halogens is 2. The molecule has 0 aromatic heterocycles. The lowest BCUT2D eigenvalue weighted by Crippen LogP contribution is -2.41. The van der Waals surface area contributed by atoms with E-state index in [1.165, 1.54) is 23.8 Å². The molecule has 158 valence electrons. The number of rotatable bonds is 7. The molecule has 0 radical (unpaired) electrons. The molecule has 0 aliphatic carbocycles. The molecule has 0 spiro atoms. The Balaban J connectivity index is 2.19. The fourth-order valence-corrected chi connectivity index (χ4v) is 5.30. The minimum atomic E-state index is -3.96. The van der Waals surface area contributed by atoms with Gasteiger partial charge in [0.1, 0.15) is 4.90 Å². The van der Waals surface area contributed by atoms with Crippen LogP contribution >= 0.6 is 23.2 Å². The quantitative estimate of drug-likeness (QED) is 0.649. The Bertz CT molecular complexity index is 1020. The molecule has 1 N–H and O–H groups in total. The number of hydrogen-bond acceptors (Lipinski definition) is 3. The van der Waals surface area contributed by atoms with Crippen molar-refractivity contribution in [3.8, 4) is 0 Å². The molecule has 2 aromatic rings. The Labute approximate surface area is 183 Å². The van der Waals surface area contributed by atoms with E-state index < -0.39 is 15.9 Å². The van der Waals surface area contributed by atoms with E-state index in [0.29, 0.717) is 0 Å². The summed E-state index contributed by atoms with van der Waals surface area (Å²) in [6.45, 7) is 9.42. The Morgan fingerprint density at radius 1 is 1.07 bits per heavy atom. The number of amides is 1. The van der Waals surface area contributed by atoms with Gasteiger partial charge in [-0.1, -0.05) is 42.3 Å². The molecule has 0 saturated heterocycles. The fraction of sp³-hybridized carbons (Fsp3) is 0.381. The summed E-state index contributed by atoms with van der Waals surface area (Å²) < 4.78 is 27.0. The van der Waals surface area contributed by atoms with Crippen LogP contribution in [0.3, 0.4) is 0 Å². The number of aryl methyl sites for hydroxylation is 3. The van der Waals surface area contributed by atoms with Crippen LogP contribution in [0, 0.1) is 20.8 Å². The van der Waals surface area contributed by atoms with Gasteiger partial charge in [-0.3, -0.25) is 4.79 Å². The van der Waals surface area contributed by atoms with Gasteiger partial charge in [-0.2, -0.15) is 4.31 Å². The van der Waals surface area contributed by atoms with Crippen molar-refractivity contribution < 1.29 is 13.2 Å². The van der Waals surface area contributed by atoms with E-state index in [1.54, 1.807) is 6.92 Å². The van der Waals surface area contributed by atoms with Gasteiger partial charge < -0.3 is 5.32 Å². The van der Waals surface area contributed by atoms with Crippen molar-refractivity contribution in [3.05, 3.63) is 62.6 Å². The maximum absolute atomic E-state index is 13.0. The number of nitrogens with one attached hydrogen (secondary N) is 1. The zero-order valence-electron chi connectivity index (χ0n) is 17.2. The first-order chi connectivity index (χ1) is 13.5. The fourth-order valence-electron chi connectivity index (χ4n) is 3.16. The number of hydrogen-bond donors (Lipinski definition) is 1. The molecule has 0 heterocycles. The second-order valence-electron chi connectivity index (χ2n) is 7.09. The number of benzene rings is 2. The van der Waals surface area contributed by atoms with Gasteiger partial charge in [0.2, 0.25) is 15.9 Å². The van der Waals surface area contributed by atoms with Crippen LogP contribution in [0.15, 0.2) is 35.2 Å². The second-order valence-corrected chi connectivity index (χ2v) is 9.84. The molecular weight excluding hydrogens is 431 g/mol. The Morgan fingerprint density at radius 3 is 2.31 bits per heavy atom. The number of carbonyl (C=O) groups excluding carboxylic acids is 1. The van der Waals surface area contributed by atoms with Gasteiger partial charge in [-0.25, -0.2) is 8.42 Å². The number of sulfonamides is 1. The first-order valence-corrected chi connectivity index (χ1v) is 11.5. The molecular formula is C21H26Cl2N2O3S. The van der Waals surface area contributed by atoms with Crippen LogP contribution in [0.25, 0.3) is 0 Å². The largest absolute Gasteiger partial charge is 0.348 e. The smallest absolute Gasteiger partial charge is 0.245 e. The molecule has 1 amide bonds. The van der Waals surface area contributed by atoms with Gasteiger partial charge in [-0.15, -0.1) is 0 Å². The van der Waals surface area contributed by atoms with Crippen LogP contribution in [0.2, 0.25) is 10.0 Å². The van der Waals surface area contributed by atoms with Crippen molar-refractivity contribution in [2.75, 3.05) is 13.1 Å². The second kappa shape index (κ2) is 9.47. The molecule has 0 bridgehead atoms. The summed E-state index contributed by atoms with van der Waals surface area (Å²) >= 11 is 12.0. The van der Waals surface area contributed by atoms with Crippen LogP contribution in [-0.4, -0.2) is 31.7 Å². The highest BCUT2D eigenvalue weighted by Gasteiger charge is 2.28. The van der Waals surface area contributed by atoms with Crippen LogP contribution < -0.4 is 5.32 Å². The van der Waals surface area contributed by atoms with Crippen molar-refractivity contribution in [2.24, 2.45) is 0 Å². The lowest BCUT2D eigenvalue weighted by Gasteiger charge is -2.23. The molecule has 0 aliphatic rings. The Kier molecular flexibility index (Phi) is 7.74. The molecule has 2 aromatic carbocycles. The van der Waals surface area contributed by atoms with E-state index in [2.05, 4.69) is 17.4 Å². The van der Waals surface area contributed by atoms with E-state index in [4.69, 9.17) is 23.2 Å². The van der Waals surface area contributed by atoms with Gasteiger partial charge in [0.25, 0.3) is 0 Å². The molecule has 0 unspecified atom stereocenters. The highest BCUT2D eigenvalue weighted by molar-refractivity contribution is 7.89. The Hall–Kier alpha value is -1.60. The monoisotopic (exact) mass is 456 g/mol. The van der Waals surface area contributed by atoms with Gasteiger partial charge in [0, 0.05) is 11.6 Å². The molecule has 8 heteroatoms. The standard InChI is InChI=1S/C21H26Cl2N2O3S/c1-6-25(29(27,28)20-11-17(22)7-8-19(20)23)12-21(26)24-16(5)18-10-14(3)13(2)9-15(18)4/h7-11,16H,6,12H2,1-5H3,(H,24,26)/t16-/m0/s1. The van der Waals surface area contributed by atoms with Crippen LogP contribution in [-0.2, 0) is 14.8 Å². The lowest BCUT2D eigenvalue weighted by atomic mass is 9.96. The highest BCUT2D eigenvalue weighted by atomic mass is 35.5. The van der Waals surface area contributed by atoms with Crippen molar-refractivity contribution in [2.45, 2.75) is 45.6 Å². The topological polar surface area (TPSA) is 66.5 Å². The zero-order valence-corrected chi connectivity index (χ0v) is 19.5. The third kappa shape index (κ3) is 5.51. The zero-order chi connectivity index (χ0) is 21.9. The first-order valence-electron chi connectivity index (χ1n) is 9.29. The predicted molar refractivity (Wildman–Crippen MR) is 118 cm³/mol. The van der Waals surface area contributed by atoms with E-state index in [9.17, 15) is 13.2 Å². The van der Waals surface area contributed by atoms with Crippen LogP contribution in [0.4, 0.5) is 0 Å². The van der Waals surface area contributed by atoms with Gasteiger partial charge in [0.15, 0.2) is 0 Å². The summed E-state index contributed by atoms with van der Waals surface area (Å²) in [5, 5.41) is 3.21. The summed E-state index contributed by atoms with van der Waals surface area (Å²) in [5.74, 6) is -0.390. The number of nitrogens with zero attached hydrogens (tertiary/aromatic N) is 1. The van der Waals surface area contributed by atoms with E-state index in [1.807, 2.05) is 27.7 Å². The maximum Gasteiger partial charge on any atom is 0.245 e. The molecule has 1 atom stereocenters. The summed E-state index contributed by atoms with van der Waals surface area (Å²) in [6, 6.07) is 8.11. The Morgan fingerprint density at radius 2 is 1.69 bits per heavy atom.